The van der Waals surface area contributed by atoms with E-state index >= 15 is 0 Å². The number of carbonyl (C=O) groups is 2. The van der Waals surface area contributed by atoms with E-state index in [4.69, 9.17) is 0 Å². The molecule has 2 atom stereocenters. The summed E-state index contributed by atoms with van der Waals surface area (Å²) in [6, 6.07) is 5.36. The normalized spacial score (nSPS) is 21.7. The second-order valence-corrected chi connectivity index (χ2v) is 5.84. The van der Waals surface area contributed by atoms with Crippen molar-refractivity contribution in [1.82, 2.24) is 5.32 Å². The van der Waals surface area contributed by atoms with E-state index in [1.807, 2.05) is 19.1 Å². The zero-order valence-electron chi connectivity index (χ0n) is 12.8. The molecule has 1 saturated heterocycles. The second kappa shape index (κ2) is 6.72. The highest BCUT2D eigenvalue weighted by Crippen LogP contribution is 2.22. The molecule has 1 aromatic carbocycles. The van der Waals surface area contributed by atoms with Crippen molar-refractivity contribution in [3.63, 3.8) is 0 Å². The number of hydrogen-bond acceptors (Lipinski definition) is 3. The lowest BCUT2D eigenvalue weighted by Gasteiger charge is -2.27. The fourth-order valence-corrected chi connectivity index (χ4v) is 2.56. The minimum absolute atomic E-state index is 0.00961. The van der Waals surface area contributed by atoms with Crippen LogP contribution >= 0.6 is 0 Å². The SMILES string of the molecule is CC(=O)Nc1ccc(C)c(NC(=O)C2CC(C)CCN2)c1. The van der Waals surface area contributed by atoms with E-state index in [0.717, 1.165) is 30.6 Å². The van der Waals surface area contributed by atoms with Gasteiger partial charge in [0.15, 0.2) is 0 Å². The third kappa shape index (κ3) is 4.29. The minimum atomic E-state index is -0.141. The van der Waals surface area contributed by atoms with Crippen LogP contribution in [-0.4, -0.2) is 24.4 Å². The molecule has 1 fully saturated rings. The standard InChI is InChI=1S/C16H23N3O2/c1-10-6-7-17-15(8-10)16(21)19-14-9-13(18-12(3)20)5-4-11(14)2/h4-5,9-10,15,17H,6-8H2,1-3H3,(H,18,20)(H,19,21). The van der Waals surface area contributed by atoms with Crippen molar-refractivity contribution in [3.05, 3.63) is 23.8 Å². The molecule has 2 amide bonds. The Morgan fingerprint density at radius 3 is 2.71 bits per heavy atom. The van der Waals surface area contributed by atoms with E-state index in [2.05, 4.69) is 22.9 Å². The molecule has 2 unspecified atom stereocenters. The van der Waals surface area contributed by atoms with Crippen molar-refractivity contribution < 1.29 is 9.59 Å². The molecule has 0 radical (unpaired) electrons. The Labute approximate surface area is 125 Å². The number of piperidine rings is 1. The first-order valence-corrected chi connectivity index (χ1v) is 7.38. The van der Waals surface area contributed by atoms with Crippen LogP contribution in [-0.2, 0) is 9.59 Å². The van der Waals surface area contributed by atoms with Crippen molar-refractivity contribution in [2.75, 3.05) is 17.2 Å². The number of hydrogen-bond donors (Lipinski definition) is 3. The molecule has 3 N–H and O–H groups in total. The summed E-state index contributed by atoms with van der Waals surface area (Å²) < 4.78 is 0. The van der Waals surface area contributed by atoms with Gasteiger partial charge in [-0.25, -0.2) is 0 Å². The van der Waals surface area contributed by atoms with Gasteiger partial charge in [-0.3, -0.25) is 9.59 Å². The first-order valence-electron chi connectivity index (χ1n) is 7.38. The van der Waals surface area contributed by atoms with Crippen molar-refractivity contribution in [3.8, 4) is 0 Å². The van der Waals surface area contributed by atoms with Crippen molar-refractivity contribution >= 4 is 23.2 Å². The first kappa shape index (κ1) is 15.5. The largest absolute Gasteiger partial charge is 0.326 e. The summed E-state index contributed by atoms with van der Waals surface area (Å²) in [7, 11) is 0. The molecular formula is C16H23N3O2. The molecule has 0 bridgehead atoms. The molecule has 0 spiro atoms. The van der Waals surface area contributed by atoms with Crippen LogP contribution in [0.3, 0.4) is 0 Å². The summed E-state index contributed by atoms with van der Waals surface area (Å²) in [5.74, 6) is 0.428. The van der Waals surface area contributed by atoms with Gasteiger partial charge in [-0.1, -0.05) is 13.0 Å². The highest BCUT2D eigenvalue weighted by molar-refractivity contribution is 5.97. The highest BCUT2D eigenvalue weighted by Gasteiger charge is 2.24. The van der Waals surface area contributed by atoms with Crippen LogP contribution in [0.2, 0.25) is 0 Å². The molecule has 1 aliphatic heterocycles. The van der Waals surface area contributed by atoms with Crippen LogP contribution in [0, 0.1) is 12.8 Å². The van der Waals surface area contributed by atoms with E-state index in [-0.39, 0.29) is 17.9 Å². The lowest BCUT2D eigenvalue weighted by atomic mass is 9.94. The summed E-state index contributed by atoms with van der Waals surface area (Å²) in [6.07, 6.45) is 1.97. The monoisotopic (exact) mass is 289 g/mol. The van der Waals surface area contributed by atoms with Crippen LogP contribution in [0.5, 0.6) is 0 Å². The van der Waals surface area contributed by atoms with Gasteiger partial charge in [-0.05, 0) is 49.9 Å². The predicted molar refractivity (Wildman–Crippen MR) is 84.3 cm³/mol. The van der Waals surface area contributed by atoms with Gasteiger partial charge in [0.05, 0.1) is 6.04 Å². The third-order valence-corrected chi connectivity index (χ3v) is 3.80. The lowest BCUT2D eigenvalue weighted by molar-refractivity contribution is -0.119. The number of rotatable bonds is 3. The molecule has 1 aromatic rings. The molecule has 5 heteroatoms. The number of benzene rings is 1. The minimum Gasteiger partial charge on any atom is -0.326 e. The van der Waals surface area contributed by atoms with Crippen molar-refractivity contribution in [2.24, 2.45) is 5.92 Å². The van der Waals surface area contributed by atoms with Gasteiger partial charge in [0.2, 0.25) is 11.8 Å². The summed E-state index contributed by atoms with van der Waals surface area (Å²) in [5.41, 5.74) is 2.40. The van der Waals surface area contributed by atoms with Gasteiger partial charge in [-0.2, -0.15) is 0 Å². The fraction of sp³-hybridized carbons (Fsp3) is 0.500. The van der Waals surface area contributed by atoms with Crippen LogP contribution in [0.15, 0.2) is 18.2 Å². The van der Waals surface area contributed by atoms with Gasteiger partial charge >= 0.3 is 0 Å². The van der Waals surface area contributed by atoms with E-state index in [0.29, 0.717) is 11.6 Å². The maximum atomic E-state index is 12.3. The Kier molecular flexibility index (Phi) is 4.96. The summed E-state index contributed by atoms with van der Waals surface area (Å²) in [5, 5.41) is 8.94. The Balaban J connectivity index is 2.07. The molecular weight excluding hydrogens is 266 g/mol. The van der Waals surface area contributed by atoms with Crippen LogP contribution in [0.4, 0.5) is 11.4 Å². The number of amides is 2. The molecule has 21 heavy (non-hydrogen) atoms. The average molecular weight is 289 g/mol. The molecule has 0 aromatic heterocycles. The van der Waals surface area contributed by atoms with E-state index < -0.39 is 0 Å². The molecule has 114 valence electrons. The number of carbonyl (C=O) groups excluding carboxylic acids is 2. The number of nitrogens with one attached hydrogen (secondary N) is 3. The van der Waals surface area contributed by atoms with E-state index in [1.165, 1.54) is 6.92 Å². The third-order valence-electron chi connectivity index (χ3n) is 3.80. The zero-order chi connectivity index (χ0) is 15.4. The van der Waals surface area contributed by atoms with Crippen LogP contribution in [0.1, 0.15) is 32.3 Å². The Morgan fingerprint density at radius 2 is 2.05 bits per heavy atom. The van der Waals surface area contributed by atoms with Gasteiger partial charge in [0, 0.05) is 18.3 Å². The van der Waals surface area contributed by atoms with Crippen molar-refractivity contribution in [2.45, 2.75) is 39.7 Å². The van der Waals surface area contributed by atoms with Crippen LogP contribution < -0.4 is 16.0 Å². The van der Waals surface area contributed by atoms with Crippen molar-refractivity contribution in [1.29, 1.82) is 0 Å². The predicted octanol–water partition coefficient (Wildman–Crippen LogP) is 2.28. The smallest absolute Gasteiger partial charge is 0.241 e. The van der Waals surface area contributed by atoms with Crippen LogP contribution in [0.25, 0.3) is 0 Å². The van der Waals surface area contributed by atoms with E-state index in [1.54, 1.807) is 6.07 Å². The number of aryl methyl sites for hydroxylation is 1. The van der Waals surface area contributed by atoms with E-state index in [9.17, 15) is 9.59 Å². The topological polar surface area (TPSA) is 70.2 Å². The average Bonchev–Trinajstić information content (AvgIpc) is 2.42. The molecule has 1 aliphatic rings. The molecule has 0 saturated carbocycles. The van der Waals surface area contributed by atoms with Gasteiger partial charge in [0.25, 0.3) is 0 Å². The Bertz CT molecular complexity index is 542. The van der Waals surface area contributed by atoms with Gasteiger partial charge in [-0.15, -0.1) is 0 Å². The van der Waals surface area contributed by atoms with Gasteiger partial charge < -0.3 is 16.0 Å². The molecule has 5 nitrogen and oxygen atoms in total. The Hall–Kier alpha value is -1.88. The zero-order valence-corrected chi connectivity index (χ0v) is 12.8. The summed E-state index contributed by atoms with van der Waals surface area (Å²) in [4.78, 5) is 23.4. The maximum absolute atomic E-state index is 12.3. The maximum Gasteiger partial charge on any atom is 0.241 e. The molecule has 2 rings (SSSR count). The lowest BCUT2D eigenvalue weighted by Crippen LogP contribution is -2.45. The molecule has 0 aliphatic carbocycles. The first-order chi connectivity index (χ1) is 9.95. The fourth-order valence-electron chi connectivity index (χ4n) is 2.56. The molecule has 1 heterocycles. The number of anilines is 2. The quantitative estimate of drug-likeness (QED) is 0.799. The summed E-state index contributed by atoms with van der Waals surface area (Å²) >= 11 is 0. The highest BCUT2D eigenvalue weighted by atomic mass is 16.2. The Morgan fingerprint density at radius 1 is 1.29 bits per heavy atom. The second-order valence-electron chi connectivity index (χ2n) is 5.84. The summed E-state index contributed by atoms with van der Waals surface area (Å²) in [6.45, 7) is 6.45. The van der Waals surface area contributed by atoms with Gasteiger partial charge in [0.1, 0.15) is 0 Å².